The summed E-state index contributed by atoms with van der Waals surface area (Å²) in [6, 6.07) is 0. The SMILES string of the molecule is C.C.CC(C)CCC(C)(F)F. The number of hydrogen-bond acceptors (Lipinski definition) is 0. The molecule has 0 nitrogen and oxygen atoms in total. The van der Waals surface area contributed by atoms with E-state index in [1.807, 2.05) is 13.8 Å². The molecule has 0 aromatic rings. The van der Waals surface area contributed by atoms with E-state index >= 15 is 0 Å². The molecular formula is C9H22F2. The number of halogens is 2. The molecule has 0 aromatic carbocycles. The normalized spacial score (nSPS) is 10.4. The molecule has 0 rings (SSSR count). The molecule has 0 aliphatic heterocycles. The minimum atomic E-state index is -2.47. The van der Waals surface area contributed by atoms with Crippen LogP contribution in [0.15, 0.2) is 0 Å². The Hall–Kier alpha value is -0.140. The van der Waals surface area contributed by atoms with Gasteiger partial charge in [0, 0.05) is 6.42 Å². The van der Waals surface area contributed by atoms with Crippen LogP contribution in [0, 0.1) is 5.92 Å². The summed E-state index contributed by atoms with van der Waals surface area (Å²) in [5.74, 6) is -2.08. The second kappa shape index (κ2) is 6.56. The van der Waals surface area contributed by atoms with Crippen molar-refractivity contribution in [2.45, 2.75) is 54.4 Å². The second-order valence-corrected chi connectivity index (χ2v) is 3.00. The minimum absolute atomic E-state index is 0. The third-order valence-electron chi connectivity index (χ3n) is 1.16. The molecule has 0 saturated heterocycles. The van der Waals surface area contributed by atoms with Gasteiger partial charge in [0.05, 0.1) is 0 Å². The molecule has 0 aliphatic rings. The van der Waals surface area contributed by atoms with E-state index in [1.54, 1.807) is 0 Å². The summed E-state index contributed by atoms with van der Waals surface area (Å²) in [6.45, 7) is 4.87. The van der Waals surface area contributed by atoms with Gasteiger partial charge in [-0.25, -0.2) is 8.78 Å². The Labute approximate surface area is 70.0 Å². The van der Waals surface area contributed by atoms with Crippen LogP contribution in [0.2, 0.25) is 0 Å². The zero-order chi connectivity index (χ0) is 7.49. The molecule has 72 valence electrons. The van der Waals surface area contributed by atoms with Gasteiger partial charge in [-0.3, -0.25) is 0 Å². The lowest BCUT2D eigenvalue weighted by molar-refractivity contribution is 0.00782. The smallest absolute Gasteiger partial charge is 0.207 e. The van der Waals surface area contributed by atoms with Gasteiger partial charge in [0.15, 0.2) is 0 Å². The van der Waals surface area contributed by atoms with E-state index in [2.05, 4.69) is 0 Å². The molecule has 2 heteroatoms. The quantitative estimate of drug-likeness (QED) is 0.587. The number of alkyl halides is 2. The van der Waals surface area contributed by atoms with Crippen LogP contribution < -0.4 is 0 Å². The van der Waals surface area contributed by atoms with Crippen LogP contribution in [0.5, 0.6) is 0 Å². The molecule has 0 unspecified atom stereocenters. The fourth-order valence-corrected chi connectivity index (χ4v) is 0.542. The van der Waals surface area contributed by atoms with Crippen molar-refractivity contribution < 1.29 is 8.78 Å². The maximum atomic E-state index is 12.1. The third-order valence-corrected chi connectivity index (χ3v) is 1.16. The fraction of sp³-hybridized carbons (Fsp3) is 1.00. The molecule has 0 bridgehead atoms. The Bertz CT molecular complexity index is 72.1. The summed E-state index contributed by atoms with van der Waals surface area (Å²) in [4.78, 5) is 0. The fourth-order valence-electron chi connectivity index (χ4n) is 0.542. The van der Waals surface area contributed by atoms with E-state index in [0.717, 1.165) is 6.92 Å². The summed E-state index contributed by atoms with van der Waals surface area (Å²) in [5.41, 5.74) is 0. The van der Waals surface area contributed by atoms with E-state index in [9.17, 15) is 8.78 Å². The van der Waals surface area contributed by atoms with E-state index in [4.69, 9.17) is 0 Å². The lowest BCUT2D eigenvalue weighted by atomic mass is 10.1. The summed E-state index contributed by atoms with van der Waals surface area (Å²) >= 11 is 0. The lowest BCUT2D eigenvalue weighted by Crippen LogP contribution is -2.10. The van der Waals surface area contributed by atoms with Crippen molar-refractivity contribution in [3.63, 3.8) is 0 Å². The molecule has 0 saturated carbocycles. The van der Waals surface area contributed by atoms with Crippen LogP contribution in [0.25, 0.3) is 0 Å². The van der Waals surface area contributed by atoms with Crippen molar-refractivity contribution in [3.05, 3.63) is 0 Å². The van der Waals surface area contributed by atoms with Crippen molar-refractivity contribution >= 4 is 0 Å². The Kier molecular flexibility index (Phi) is 10.2. The molecular weight excluding hydrogens is 146 g/mol. The van der Waals surface area contributed by atoms with Crippen molar-refractivity contribution in [3.8, 4) is 0 Å². The Morgan fingerprint density at radius 2 is 1.55 bits per heavy atom. The van der Waals surface area contributed by atoms with Crippen molar-refractivity contribution in [1.29, 1.82) is 0 Å². The number of rotatable bonds is 3. The zero-order valence-electron chi connectivity index (χ0n) is 6.25. The highest BCUT2D eigenvalue weighted by Gasteiger charge is 2.20. The molecule has 0 heterocycles. The van der Waals surface area contributed by atoms with E-state index < -0.39 is 5.92 Å². The van der Waals surface area contributed by atoms with Crippen LogP contribution in [-0.2, 0) is 0 Å². The van der Waals surface area contributed by atoms with Gasteiger partial charge in [0.25, 0.3) is 0 Å². The first-order valence-corrected chi connectivity index (χ1v) is 3.29. The summed E-state index contributed by atoms with van der Waals surface area (Å²) in [6.07, 6.45) is 0.633. The third kappa shape index (κ3) is 17.7. The Balaban J connectivity index is -0.000000320. The van der Waals surface area contributed by atoms with Crippen molar-refractivity contribution in [2.75, 3.05) is 0 Å². The van der Waals surface area contributed by atoms with Crippen LogP contribution in [-0.4, -0.2) is 5.92 Å². The van der Waals surface area contributed by atoms with Crippen molar-refractivity contribution in [2.24, 2.45) is 5.92 Å². The predicted octanol–water partition coefficient (Wildman–Crippen LogP) is 4.35. The highest BCUT2D eigenvalue weighted by atomic mass is 19.3. The van der Waals surface area contributed by atoms with Gasteiger partial charge in [0.1, 0.15) is 0 Å². The van der Waals surface area contributed by atoms with Crippen LogP contribution in [0.1, 0.15) is 48.5 Å². The van der Waals surface area contributed by atoms with Crippen LogP contribution >= 0.6 is 0 Å². The largest absolute Gasteiger partial charge is 0.245 e. The number of hydrogen-bond donors (Lipinski definition) is 0. The van der Waals surface area contributed by atoms with Crippen LogP contribution in [0.3, 0.4) is 0 Å². The Morgan fingerprint density at radius 3 is 1.64 bits per heavy atom. The highest BCUT2D eigenvalue weighted by Crippen LogP contribution is 2.21. The zero-order valence-corrected chi connectivity index (χ0v) is 6.25. The first-order valence-electron chi connectivity index (χ1n) is 3.29. The average molecular weight is 168 g/mol. The molecule has 0 radical (unpaired) electrons. The van der Waals surface area contributed by atoms with Gasteiger partial charge < -0.3 is 0 Å². The van der Waals surface area contributed by atoms with Crippen LogP contribution in [0.4, 0.5) is 8.78 Å². The Morgan fingerprint density at radius 1 is 1.18 bits per heavy atom. The van der Waals surface area contributed by atoms with E-state index in [-0.39, 0.29) is 21.3 Å². The van der Waals surface area contributed by atoms with Gasteiger partial charge in [-0.05, 0) is 19.3 Å². The molecule has 0 aromatic heterocycles. The molecule has 0 aliphatic carbocycles. The monoisotopic (exact) mass is 168 g/mol. The predicted molar refractivity (Wildman–Crippen MR) is 48.2 cm³/mol. The minimum Gasteiger partial charge on any atom is -0.207 e. The molecule has 0 spiro atoms. The first-order chi connectivity index (χ1) is 3.92. The van der Waals surface area contributed by atoms with Gasteiger partial charge in [0.2, 0.25) is 5.92 Å². The van der Waals surface area contributed by atoms with Gasteiger partial charge in [-0.15, -0.1) is 0 Å². The summed E-state index contributed by atoms with van der Waals surface area (Å²) in [5, 5.41) is 0. The second-order valence-electron chi connectivity index (χ2n) is 3.00. The molecule has 0 amide bonds. The maximum Gasteiger partial charge on any atom is 0.245 e. The highest BCUT2D eigenvalue weighted by molar-refractivity contribution is 4.58. The lowest BCUT2D eigenvalue weighted by Gasteiger charge is -2.10. The van der Waals surface area contributed by atoms with Gasteiger partial charge in [-0.1, -0.05) is 28.7 Å². The van der Waals surface area contributed by atoms with Gasteiger partial charge >= 0.3 is 0 Å². The van der Waals surface area contributed by atoms with E-state index in [1.165, 1.54) is 0 Å². The summed E-state index contributed by atoms with van der Waals surface area (Å²) in [7, 11) is 0. The first kappa shape index (κ1) is 17.1. The molecule has 0 N–H and O–H groups in total. The topological polar surface area (TPSA) is 0 Å². The average Bonchev–Trinajstić information content (AvgIpc) is 1.59. The summed E-state index contributed by atoms with van der Waals surface area (Å²) < 4.78 is 24.2. The molecule has 0 fully saturated rings. The van der Waals surface area contributed by atoms with E-state index in [0.29, 0.717) is 12.3 Å². The standard InChI is InChI=1S/C7H14F2.2CH4/c1-6(2)4-5-7(3,8)9;;/h6H,4-5H2,1-3H3;2*1H4. The molecule has 0 atom stereocenters. The van der Waals surface area contributed by atoms with Crippen molar-refractivity contribution in [1.82, 2.24) is 0 Å². The van der Waals surface area contributed by atoms with Gasteiger partial charge in [-0.2, -0.15) is 0 Å². The maximum absolute atomic E-state index is 12.1. The molecule has 11 heavy (non-hydrogen) atoms.